The lowest BCUT2D eigenvalue weighted by Gasteiger charge is -2.38. The number of anilines is 2. The third-order valence-corrected chi connectivity index (χ3v) is 7.98. The van der Waals surface area contributed by atoms with E-state index in [9.17, 15) is 8.42 Å². The minimum Gasteiger partial charge on any atom is -0.378 e. The highest BCUT2D eigenvalue weighted by Gasteiger charge is 2.39. The molecule has 1 aliphatic carbocycles. The first kappa shape index (κ1) is 20.2. The summed E-state index contributed by atoms with van der Waals surface area (Å²) in [6.45, 7) is 1.89. The molecule has 0 radical (unpaired) electrons. The zero-order valence-corrected chi connectivity index (χ0v) is 18.6. The summed E-state index contributed by atoms with van der Waals surface area (Å²) >= 11 is 6.50. The Morgan fingerprint density at radius 3 is 2.58 bits per heavy atom. The van der Waals surface area contributed by atoms with Crippen molar-refractivity contribution in [3.05, 3.63) is 101 Å². The summed E-state index contributed by atoms with van der Waals surface area (Å²) in [4.78, 5) is 0.270. The van der Waals surface area contributed by atoms with Gasteiger partial charge in [-0.15, -0.1) is 0 Å². The number of rotatable bonds is 4. The second-order valence-corrected chi connectivity index (χ2v) is 10.3. The summed E-state index contributed by atoms with van der Waals surface area (Å²) in [5.74, 6) is 0.431. The van der Waals surface area contributed by atoms with Crippen LogP contribution in [0.3, 0.4) is 0 Å². The quantitative estimate of drug-likeness (QED) is 0.460. The normalized spacial score (nSPS) is 21.8. The van der Waals surface area contributed by atoms with Gasteiger partial charge in [0.1, 0.15) is 0 Å². The Balaban J connectivity index is 1.52. The molecule has 31 heavy (non-hydrogen) atoms. The Morgan fingerprint density at radius 2 is 1.77 bits per heavy atom. The van der Waals surface area contributed by atoms with Crippen LogP contribution in [0.4, 0.5) is 11.4 Å². The van der Waals surface area contributed by atoms with E-state index in [2.05, 4.69) is 28.3 Å². The van der Waals surface area contributed by atoms with Gasteiger partial charge in [0.2, 0.25) is 0 Å². The average Bonchev–Trinajstić information content (AvgIpc) is 3.25. The van der Waals surface area contributed by atoms with Crippen LogP contribution in [0.2, 0.25) is 5.02 Å². The number of para-hydroxylation sites is 1. The monoisotopic (exact) mass is 450 g/mol. The molecule has 1 heterocycles. The number of allylic oxidation sites excluding steroid dienone is 2. The molecule has 0 aromatic heterocycles. The summed E-state index contributed by atoms with van der Waals surface area (Å²) in [6, 6.07) is 20.7. The van der Waals surface area contributed by atoms with Crippen molar-refractivity contribution in [1.82, 2.24) is 0 Å². The van der Waals surface area contributed by atoms with E-state index in [1.807, 2.05) is 49.4 Å². The predicted octanol–water partition coefficient (Wildman–Crippen LogP) is 6.28. The molecule has 0 amide bonds. The van der Waals surface area contributed by atoms with Crippen LogP contribution in [0.1, 0.15) is 35.1 Å². The molecule has 2 aliphatic rings. The van der Waals surface area contributed by atoms with Crippen molar-refractivity contribution in [3.8, 4) is 0 Å². The van der Waals surface area contributed by atoms with Gasteiger partial charge in [0.25, 0.3) is 10.0 Å². The first-order valence-corrected chi connectivity index (χ1v) is 12.2. The van der Waals surface area contributed by atoms with Crippen LogP contribution in [0.15, 0.2) is 83.8 Å². The van der Waals surface area contributed by atoms with Gasteiger partial charge in [0.15, 0.2) is 0 Å². The molecule has 0 unspecified atom stereocenters. The van der Waals surface area contributed by atoms with E-state index < -0.39 is 10.0 Å². The van der Waals surface area contributed by atoms with Gasteiger partial charge in [0, 0.05) is 16.6 Å². The van der Waals surface area contributed by atoms with Gasteiger partial charge >= 0.3 is 0 Å². The SMILES string of the molecule is Cc1ccccc1NS(=O)(=O)c1ccc2c(c1)[C@H]1C=CC[C@H]1[C@@H](c1ccccc1Cl)N2. The highest BCUT2D eigenvalue weighted by Crippen LogP contribution is 2.51. The number of hydrogen-bond acceptors (Lipinski definition) is 3. The van der Waals surface area contributed by atoms with Crippen molar-refractivity contribution in [1.29, 1.82) is 0 Å². The third kappa shape index (κ3) is 3.62. The molecule has 0 saturated carbocycles. The zero-order valence-electron chi connectivity index (χ0n) is 17.0. The van der Waals surface area contributed by atoms with Gasteiger partial charge in [-0.3, -0.25) is 4.72 Å². The number of nitrogens with one attached hydrogen (secondary N) is 2. The molecule has 0 fully saturated rings. The van der Waals surface area contributed by atoms with Gasteiger partial charge in [-0.25, -0.2) is 8.42 Å². The molecular weight excluding hydrogens is 428 g/mol. The maximum Gasteiger partial charge on any atom is 0.261 e. The van der Waals surface area contributed by atoms with Crippen molar-refractivity contribution in [2.24, 2.45) is 5.92 Å². The summed E-state index contributed by atoms with van der Waals surface area (Å²) in [5, 5.41) is 4.37. The Bertz CT molecular complexity index is 1290. The summed E-state index contributed by atoms with van der Waals surface area (Å²) in [7, 11) is -3.69. The van der Waals surface area contributed by atoms with Crippen LogP contribution >= 0.6 is 11.6 Å². The van der Waals surface area contributed by atoms with E-state index >= 15 is 0 Å². The third-order valence-electron chi connectivity index (χ3n) is 6.27. The molecule has 158 valence electrons. The molecule has 3 atom stereocenters. The number of halogens is 1. The second kappa shape index (κ2) is 7.74. The molecule has 3 aromatic rings. The fraction of sp³-hybridized carbons (Fsp3) is 0.200. The van der Waals surface area contributed by atoms with Gasteiger partial charge in [-0.1, -0.05) is 60.2 Å². The van der Waals surface area contributed by atoms with E-state index in [0.29, 0.717) is 5.69 Å². The summed E-state index contributed by atoms with van der Waals surface area (Å²) in [6.07, 6.45) is 5.30. The standard InChI is InChI=1S/C25H23ClN2O2S/c1-16-7-2-5-12-23(16)28-31(29,30)17-13-14-24-21(15-17)18-9-6-10-19(18)25(27-24)20-8-3-4-11-22(20)26/h2-9,11-15,18-19,25,27-28H,10H2,1H3/t18-,19+,25-/m0/s1. The predicted molar refractivity (Wildman–Crippen MR) is 126 cm³/mol. The smallest absolute Gasteiger partial charge is 0.261 e. The van der Waals surface area contributed by atoms with Crippen LogP contribution in [0.25, 0.3) is 0 Å². The maximum atomic E-state index is 13.1. The topological polar surface area (TPSA) is 58.2 Å². The molecule has 6 heteroatoms. The Hall–Kier alpha value is -2.76. The number of sulfonamides is 1. The molecule has 2 N–H and O–H groups in total. The van der Waals surface area contributed by atoms with Gasteiger partial charge in [-0.05, 0) is 66.3 Å². The second-order valence-electron chi connectivity index (χ2n) is 8.17. The number of hydrogen-bond donors (Lipinski definition) is 2. The highest BCUT2D eigenvalue weighted by molar-refractivity contribution is 7.92. The van der Waals surface area contributed by atoms with E-state index in [-0.39, 0.29) is 22.8 Å². The number of aryl methyl sites for hydroxylation is 1. The van der Waals surface area contributed by atoms with Crippen molar-refractivity contribution in [2.75, 3.05) is 10.0 Å². The average molecular weight is 451 g/mol. The fourth-order valence-electron chi connectivity index (χ4n) is 4.67. The lowest BCUT2D eigenvalue weighted by molar-refractivity contribution is 0.425. The van der Waals surface area contributed by atoms with Gasteiger partial charge in [0.05, 0.1) is 16.6 Å². The molecule has 3 aromatic carbocycles. The van der Waals surface area contributed by atoms with Crippen molar-refractivity contribution < 1.29 is 8.42 Å². The minimum atomic E-state index is -3.69. The van der Waals surface area contributed by atoms with Crippen LogP contribution in [-0.2, 0) is 10.0 Å². The zero-order chi connectivity index (χ0) is 21.6. The summed E-state index contributed by atoms with van der Waals surface area (Å²) < 4.78 is 28.9. The van der Waals surface area contributed by atoms with Crippen molar-refractivity contribution in [3.63, 3.8) is 0 Å². The lowest BCUT2D eigenvalue weighted by Crippen LogP contribution is -2.29. The van der Waals surface area contributed by atoms with Crippen LogP contribution in [0, 0.1) is 12.8 Å². The first-order chi connectivity index (χ1) is 14.9. The van der Waals surface area contributed by atoms with Crippen molar-refractivity contribution >= 4 is 33.0 Å². The molecule has 0 saturated heterocycles. The van der Waals surface area contributed by atoms with Crippen LogP contribution < -0.4 is 10.0 Å². The Morgan fingerprint density at radius 1 is 1.00 bits per heavy atom. The highest BCUT2D eigenvalue weighted by atomic mass is 35.5. The van der Waals surface area contributed by atoms with E-state index in [1.165, 1.54) is 0 Å². The summed E-state index contributed by atoms with van der Waals surface area (Å²) in [5.41, 5.74) is 4.51. The molecule has 5 rings (SSSR count). The molecule has 0 bridgehead atoms. The molecular formula is C25H23ClN2O2S. The van der Waals surface area contributed by atoms with Crippen LogP contribution in [-0.4, -0.2) is 8.42 Å². The van der Waals surface area contributed by atoms with E-state index in [1.54, 1.807) is 18.2 Å². The molecule has 4 nitrogen and oxygen atoms in total. The molecule has 1 aliphatic heterocycles. The molecule has 0 spiro atoms. The fourth-order valence-corrected chi connectivity index (χ4v) is 6.08. The van der Waals surface area contributed by atoms with E-state index in [4.69, 9.17) is 11.6 Å². The van der Waals surface area contributed by atoms with Gasteiger partial charge < -0.3 is 5.32 Å². The number of benzene rings is 3. The van der Waals surface area contributed by atoms with E-state index in [0.717, 1.165) is 33.8 Å². The van der Waals surface area contributed by atoms with Gasteiger partial charge in [-0.2, -0.15) is 0 Å². The first-order valence-electron chi connectivity index (χ1n) is 10.3. The maximum absolute atomic E-state index is 13.1. The van der Waals surface area contributed by atoms with Crippen molar-refractivity contribution in [2.45, 2.75) is 30.2 Å². The Kier molecular flexibility index (Phi) is 5.03. The minimum absolute atomic E-state index is 0.0775. The lowest BCUT2D eigenvalue weighted by atomic mass is 9.77. The van der Waals surface area contributed by atoms with Crippen LogP contribution in [0.5, 0.6) is 0 Å². The largest absolute Gasteiger partial charge is 0.378 e. The number of fused-ring (bicyclic) bond motifs is 3. The Labute approximate surface area is 188 Å².